The maximum Gasteiger partial charge on any atom is 0.323 e. The first-order chi connectivity index (χ1) is 9.54. The molecule has 0 saturated carbocycles. The summed E-state index contributed by atoms with van der Waals surface area (Å²) >= 11 is 0. The molecular weight excluding hydrogens is 260 g/mol. The van der Waals surface area contributed by atoms with Gasteiger partial charge < -0.3 is 15.5 Å². The van der Waals surface area contributed by atoms with Gasteiger partial charge in [-0.3, -0.25) is 9.69 Å². The van der Waals surface area contributed by atoms with Crippen LogP contribution in [0.2, 0.25) is 0 Å². The molecule has 0 saturated heterocycles. The standard InChI is InChI=1S/C14H16N2O4/c1-2-3-4-9-15-14(20)16(10-13(18)19)11-5-7-12(17)8-6-11/h1,5-8,17H,3-4,9-10H2,(H,15,20)(H,18,19). The van der Waals surface area contributed by atoms with E-state index in [-0.39, 0.29) is 5.75 Å². The third kappa shape index (κ3) is 4.90. The van der Waals surface area contributed by atoms with Crippen LogP contribution in [0.1, 0.15) is 12.8 Å². The number of nitrogens with zero attached hydrogens (tertiary/aromatic N) is 1. The minimum absolute atomic E-state index is 0.0402. The van der Waals surface area contributed by atoms with Gasteiger partial charge in [-0.15, -0.1) is 12.3 Å². The van der Waals surface area contributed by atoms with Crippen LogP contribution in [0.25, 0.3) is 0 Å². The number of unbranched alkanes of at least 4 members (excludes halogenated alkanes) is 1. The Bertz CT molecular complexity index is 505. The summed E-state index contributed by atoms with van der Waals surface area (Å²) in [6.45, 7) is -0.0943. The van der Waals surface area contributed by atoms with Crippen LogP contribution in [-0.4, -0.2) is 35.3 Å². The van der Waals surface area contributed by atoms with Gasteiger partial charge in [0.05, 0.1) is 0 Å². The van der Waals surface area contributed by atoms with Crippen molar-refractivity contribution in [2.24, 2.45) is 0 Å². The summed E-state index contributed by atoms with van der Waals surface area (Å²) < 4.78 is 0. The molecule has 0 heterocycles. The van der Waals surface area contributed by atoms with Crippen LogP contribution >= 0.6 is 0 Å². The second kappa shape index (κ2) is 7.69. The van der Waals surface area contributed by atoms with Gasteiger partial charge in [-0.05, 0) is 30.7 Å². The van der Waals surface area contributed by atoms with Crippen LogP contribution in [-0.2, 0) is 4.79 Å². The van der Waals surface area contributed by atoms with E-state index in [4.69, 9.17) is 11.5 Å². The molecule has 1 rings (SSSR count). The SMILES string of the molecule is C#CCCCNC(=O)N(CC(=O)O)c1ccc(O)cc1. The highest BCUT2D eigenvalue weighted by Crippen LogP contribution is 2.18. The summed E-state index contributed by atoms with van der Waals surface area (Å²) in [4.78, 5) is 23.9. The lowest BCUT2D eigenvalue weighted by atomic mass is 10.2. The number of phenols is 1. The molecule has 0 atom stereocenters. The minimum Gasteiger partial charge on any atom is -0.508 e. The second-order valence-corrected chi connectivity index (χ2v) is 4.04. The summed E-state index contributed by atoms with van der Waals surface area (Å²) in [5.41, 5.74) is 0.389. The fourth-order valence-electron chi connectivity index (χ4n) is 1.53. The van der Waals surface area contributed by atoms with E-state index in [2.05, 4.69) is 11.2 Å². The van der Waals surface area contributed by atoms with Gasteiger partial charge in [-0.1, -0.05) is 0 Å². The molecule has 2 amide bonds. The number of amides is 2. The quantitative estimate of drug-likeness (QED) is 0.541. The van der Waals surface area contributed by atoms with Gasteiger partial charge in [-0.2, -0.15) is 0 Å². The monoisotopic (exact) mass is 276 g/mol. The van der Waals surface area contributed by atoms with Crippen molar-refractivity contribution in [2.45, 2.75) is 12.8 Å². The zero-order chi connectivity index (χ0) is 15.0. The molecular formula is C14H16N2O4. The Morgan fingerprint density at radius 2 is 1.95 bits per heavy atom. The van der Waals surface area contributed by atoms with Crippen molar-refractivity contribution in [3.8, 4) is 18.1 Å². The highest BCUT2D eigenvalue weighted by Gasteiger charge is 2.18. The van der Waals surface area contributed by atoms with E-state index in [1.54, 1.807) is 0 Å². The molecule has 106 valence electrons. The molecule has 0 radical (unpaired) electrons. The zero-order valence-corrected chi connectivity index (χ0v) is 10.9. The minimum atomic E-state index is -1.13. The molecule has 6 nitrogen and oxygen atoms in total. The normalized spacial score (nSPS) is 9.55. The molecule has 0 aromatic heterocycles. The van der Waals surface area contributed by atoms with Crippen molar-refractivity contribution >= 4 is 17.7 Å². The van der Waals surface area contributed by atoms with Crippen molar-refractivity contribution in [1.82, 2.24) is 5.32 Å². The number of urea groups is 1. The number of hydrogen-bond acceptors (Lipinski definition) is 3. The number of anilines is 1. The van der Waals surface area contributed by atoms with E-state index >= 15 is 0 Å². The van der Waals surface area contributed by atoms with Crippen LogP contribution < -0.4 is 10.2 Å². The lowest BCUT2D eigenvalue weighted by Crippen LogP contribution is -2.43. The third-order valence-electron chi connectivity index (χ3n) is 2.47. The Morgan fingerprint density at radius 1 is 1.30 bits per heavy atom. The van der Waals surface area contributed by atoms with Gasteiger partial charge in [0.1, 0.15) is 12.3 Å². The maximum absolute atomic E-state index is 12.0. The first kappa shape index (κ1) is 15.4. The van der Waals surface area contributed by atoms with Crippen molar-refractivity contribution in [3.05, 3.63) is 24.3 Å². The highest BCUT2D eigenvalue weighted by molar-refractivity contribution is 5.96. The predicted molar refractivity (Wildman–Crippen MR) is 74.6 cm³/mol. The van der Waals surface area contributed by atoms with Gasteiger partial charge in [0.15, 0.2) is 0 Å². The van der Waals surface area contributed by atoms with Gasteiger partial charge in [-0.25, -0.2) is 4.79 Å². The van der Waals surface area contributed by atoms with Crippen molar-refractivity contribution < 1.29 is 19.8 Å². The van der Waals surface area contributed by atoms with Gasteiger partial charge in [0.2, 0.25) is 0 Å². The van der Waals surface area contributed by atoms with Crippen LogP contribution in [0.5, 0.6) is 5.75 Å². The third-order valence-corrected chi connectivity index (χ3v) is 2.47. The number of hydrogen-bond donors (Lipinski definition) is 3. The Kier molecular flexibility index (Phi) is 5.91. The molecule has 0 aliphatic rings. The predicted octanol–water partition coefficient (Wildman–Crippen LogP) is 1.41. The molecule has 0 aliphatic heterocycles. The van der Waals surface area contributed by atoms with E-state index in [0.29, 0.717) is 25.1 Å². The van der Waals surface area contributed by atoms with Crippen LogP contribution in [0, 0.1) is 12.3 Å². The number of carbonyl (C=O) groups is 2. The fourth-order valence-corrected chi connectivity index (χ4v) is 1.53. The van der Waals surface area contributed by atoms with Crippen LogP contribution in [0.4, 0.5) is 10.5 Å². The number of rotatable bonds is 6. The number of aromatic hydroxyl groups is 1. The topological polar surface area (TPSA) is 89.9 Å². The smallest absolute Gasteiger partial charge is 0.323 e. The van der Waals surface area contributed by atoms with Gasteiger partial charge in [0, 0.05) is 18.7 Å². The molecule has 6 heteroatoms. The van der Waals surface area contributed by atoms with Crippen molar-refractivity contribution in [3.63, 3.8) is 0 Å². The average Bonchev–Trinajstić information content (AvgIpc) is 2.42. The Balaban J connectivity index is 2.73. The summed E-state index contributed by atoms with van der Waals surface area (Å²) in [6.07, 6.45) is 6.27. The van der Waals surface area contributed by atoms with Crippen LogP contribution in [0.3, 0.4) is 0 Å². The molecule has 0 aliphatic carbocycles. The van der Waals surface area contributed by atoms with Crippen molar-refractivity contribution in [1.29, 1.82) is 0 Å². The highest BCUT2D eigenvalue weighted by atomic mass is 16.4. The summed E-state index contributed by atoms with van der Waals surface area (Å²) in [5, 5.41) is 20.7. The summed E-state index contributed by atoms with van der Waals surface area (Å²) in [5.74, 6) is 1.37. The average molecular weight is 276 g/mol. The maximum atomic E-state index is 12.0. The molecule has 0 spiro atoms. The summed E-state index contributed by atoms with van der Waals surface area (Å²) in [6, 6.07) is 5.19. The number of carboxylic acid groups (broad SMARTS) is 1. The zero-order valence-electron chi connectivity index (χ0n) is 10.9. The summed E-state index contributed by atoms with van der Waals surface area (Å²) in [7, 11) is 0. The van der Waals surface area contributed by atoms with E-state index in [1.165, 1.54) is 24.3 Å². The number of carboxylic acids is 1. The Labute approximate surface area is 117 Å². The van der Waals surface area contributed by atoms with Gasteiger partial charge in [0.25, 0.3) is 0 Å². The number of benzene rings is 1. The number of nitrogens with one attached hydrogen (secondary N) is 1. The molecule has 0 fully saturated rings. The molecule has 3 N–H and O–H groups in total. The first-order valence-electron chi connectivity index (χ1n) is 6.04. The largest absolute Gasteiger partial charge is 0.508 e. The number of phenolic OH excluding ortho intramolecular Hbond substituents is 1. The molecule has 1 aromatic carbocycles. The molecule has 0 unspecified atom stereocenters. The van der Waals surface area contributed by atoms with Gasteiger partial charge >= 0.3 is 12.0 Å². The van der Waals surface area contributed by atoms with E-state index in [0.717, 1.165) is 4.90 Å². The molecule has 1 aromatic rings. The van der Waals surface area contributed by atoms with Crippen molar-refractivity contribution in [2.75, 3.05) is 18.0 Å². The van der Waals surface area contributed by atoms with Crippen LogP contribution in [0.15, 0.2) is 24.3 Å². The molecule has 0 bridgehead atoms. The fraction of sp³-hybridized carbons (Fsp3) is 0.286. The number of terminal acetylenes is 1. The van der Waals surface area contributed by atoms with E-state index in [9.17, 15) is 14.7 Å². The van der Waals surface area contributed by atoms with E-state index in [1.807, 2.05) is 0 Å². The Morgan fingerprint density at radius 3 is 2.50 bits per heavy atom. The number of aliphatic carboxylic acids is 1. The lowest BCUT2D eigenvalue weighted by molar-refractivity contribution is -0.135. The Hall–Kier alpha value is -2.68. The first-order valence-corrected chi connectivity index (χ1v) is 6.04. The number of carbonyl (C=O) groups excluding carboxylic acids is 1. The van der Waals surface area contributed by atoms with E-state index < -0.39 is 18.5 Å². The lowest BCUT2D eigenvalue weighted by Gasteiger charge is -2.21. The molecule has 20 heavy (non-hydrogen) atoms. The second-order valence-electron chi connectivity index (χ2n) is 4.04.